The van der Waals surface area contributed by atoms with E-state index in [1.54, 1.807) is 6.07 Å². The highest BCUT2D eigenvalue weighted by molar-refractivity contribution is 7.80. The zero-order chi connectivity index (χ0) is 18.7. The van der Waals surface area contributed by atoms with Crippen molar-refractivity contribution in [3.8, 4) is 0 Å². The van der Waals surface area contributed by atoms with Crippen molar-refractivity contribution in [2.75, 3.05) is 5.32 Å². The maximum absolute atomic E-state index is 13.0. The highest BCUT2D eigenvalue weighted by Gasteiger charge is 2.34. The fourth-order valence-electron chi connectivity index (χ4n) is 3.49. The third kappa shape index (κ3) is 5.33. The van der Waals surface area contributed by atoms with Crippen molar-refractivity contribution in [1.29, 1.82) is 0 Å². The minimum atomic E-state index is -4.40. The molecule has 1 aromatic carbocycles. The van der Waals surface area contributed by atoms with Gasteiger partial charge in [0.2, 0.25) is 0 Å². The lowest BCUT2D eigenvalue weighted by molar-refractivity contribution is -0.136. The Morgan fingerprint density at radius 3 is 2.28 bits per heavy atom. The zero-order valence-corrected chi connectivity index (χ0v) is 15.9. The first-order chi connectivity index (χ1) is 11.6. The molecular weight excluding hydrogens is 345 g/mol. The van der Waals surface area contributed by atoms with Gasteiger partial charge in [0, 0.05) is 6.04 Å². The Morgan fingerprint density at radius 2 is 1.72 bits per heavy atom. The van der Waals surface area contributed by atoms with Crippen LogP contribution in [-0.4, -0.2) is 11.2 Å². The summed E-state index contributed by atoms with van der Waals surface area (Å²) in [5.74, 6) is 0.697. The van der Waals surface area contributed by atoms with E-state index >= 15 is 0 Å². The quantitative estimate of drug-likeness (QED) is 0.635. The lowest BCUT2D eigenvalue weighted by atomic mass is 9.69. The van der Waals surface area contributed by atoms with Crippen LogP contribution < -0.4 is 10.6 Å². The Hall–Kier alpha value is -1.30. The molecule has 0 saturated heterocycles. The number of alkyl halides is 3. The van der Waals surface area contributed by atoms with Gasteiger partial charge in [0.15, 0.2) is 5.11 Å². The number of anilines is 1. The topological polar surface area (TPSA) is 24.1 Å². The fraction of sp³-hybridized carbons (Fsp3) is 0.632. The van der Waals surface area contributed by atoms with E-state index < -0.39 is 11.7 Å². The minimum Gasteiger partial charge on any atom is -0.360 e. The molecule has 1 fully saturated rings. The highest BCUT2D eigenvalue weighted by atomic mass is 32.1. The van der Waals surface area contributed by atoms with Crippen molar-refractivity contribution < 1.29 is 13.2 Å². The fourth-order valence-corrected chi connectivity index (χ4v) is 3.77. The smallest absolute Gasteiger partial charge is 0.360 e. The van der Waals surface area contributed by atoms with Crippen LogP contribution in [0.15, 0.2) is 24.3 Å². The third-order valence-corrected chi connectivity index (χ3v) is 5.78. The van der Waals surface area contributed by atoms with Crippen molar-refractivity contribution in [2.45, 2.75) is 65.1 Å². The molecule has 0 aromatic heterocycles. The number of thiocarbonyl (C=S) groups is 1. The van der Waals surface area contributed by atoms with E-state index in [4.69, 9.17) is 12.2 Å². The zero-order valence-electron chi connectivity index (χ0n) is 15.0. The number of hydrogen-bond donors (Lipinski definition) is 2. The number of para-hydroxylation sites is 1. The van der Waals surface area contributed by atoms with Gasteiger partial charge in [0.25, 0.3) is 0 Å². The summed E-state index contributed by atoms with van der Waals surface area (Å²) in [6.07, 6.45) is 1.00. The molecular formula is C19H27F3N2S. The van der Waals surface area contributed by atoms with E-state index in [1.807, 2.05) is 0 Å². The Balaban J connectivity index is 1.91. The molecule has 25 heavy (non-hydrogen) atoms. The summed E-state index contributed by atoms with van der Waals surface area (Å²) in [6, 6.07) is 5.63. The number of hydrogen-bond acceptors (Lipinski definition) is 1. The van der Waals surface area contributed by atoms with Crippen molar-refractivity contribution in [1.82, 2.24) is 5.32 Å². The van der Waals surface area contributed by atoms with Crippen molar-refractivity contribution in [3.63, 3.8) is 0 Å². The Bertz CT molecular complexity index is 591. The molecule has 1 aliphatic rings. The standard InChI is InChI=1S/C19H27F3N2S/c1-4-18(2,3)13-9-11-14(12-10-13)23-17(25)24-16-8-6-5-7-15(16)19(20,21)22/h5-8,13-14H,4,9-12H2,1-3H3,(H2,23,24,25). The molecule has 0 spiro atoms. The number of rotatable bonds is 4. The van der Waals surface area contributed by atoms with Crippen LogP contribution in [0.3, 0.4) is 0 Å². The molecule has 0 atom stereocenters. The molecule has 0 heterocycles. The molecule has 0 aliphatic heterocycles. The molecule has 2 N–H and O–H groups in total. The van der Waals surface area contributed by atoms with Crippen LogP contribution in [0.25, 0.3) is 0 Å². The van der Waals surface area contributed by atoms with Gasteiger partial charge in [-0.3, -0.25) is 0 Å². The number of nitrogens with one attached hydrogen (secondary N) is 2. The molecule has 1 aliphatic carbocycles. The minimum absolute atomic E-state index is 0.00620. The van der Waals surface area contributed by atoms with Crippen LogP contribution in [0, 0.1) is 11.3 Å². The van der Waals surface area contributed by atoms with Crippen LogP contribution in [-0.2, 0) is 6.18 Å². The molecule has 1 saturated carbocycles. The van der Waals surface area contributed by atoms with Gasteiger partial charge in [-0.25, -0.2) is 0 Å². The number of halogens is 3. The van der Waals surface area contributed by atoms with Crippen LogP contribution in [0.1, 0.15) is 58.4 Å². The molecule has 0 radical (unpaired) electrons. The molecule has 140 valence electrons. The molecule has 0 amide bonds. The molecule has 0 bridgehead atoms. The van der Waals surface area contributed by atoms with E-state index in [2.05, 4.69) is 31.4 Å². The van der Waals surface area contributed by atoms with E-state index in [-0.39, 0.29) is 16.8 Å². The normalized spacial score (nSPS) is 21.7. The van der Waals surface area contributed by atoms with Gasteiger partial charge >= 0.3 is 6.18 Å². The maximum Gasteiger partial charge on any atom is 0.418 e. The van der Waals surface area contributed by atoms with Crippen LogP contribution in [0.4, 0.5) is 18.9 Å². The summed E-state index contributed by atoms with van der Waals surface area (Å²) in [7, 11) is 0. The predicted octanol–water partition coefficient (Wildman–Crippen LogP) is 5.99. The van der Waals surface area contributed by atoms with Crippen molar-refractivity contribution >= 4 is 23.0 Å². The second kappa shape index (κ2) is 7.94. The highest BCUT2D eigenvalue weighted by Crippen LogP contribution is 2.40. The summed E-state index contributed by atoms with van der Waals surface area (Å²) in [5.41, 5.74) is -0.365. The molecule has 2 nitrogen and oxygen atoms in total. The Labute approximate surface area is 153 Å². The van der Waals surface area contributed by atoms with Gasteiger partial charge in [-0.15, -0.1) is 0 Å². The van der Waals surface area contributed by atoms with E-state index in [1.165, 1.54) is 12.1 Å². The van der Waals surface area contributed by atoms with E-state index in [0.717, 1.165) is 38.2 Å². The van der Waals surface area contributed by atoms with Crippen molar-refractivity contribution in [3.05, 3.63) is 29.8 Å². The van der Waals surface area contributed by atoms with Gasteiger partial charge in [-0.05, 0) is 61.4 Å². The second-order valence-corrected chi connectivity index (χ2v) is 7.94. The van der Waals surface area contributed by atoms with E-state index in [0.29, 0.717) is 11.3 Å². The third-order valence-electron chi connectivity index (χ3n) is 5.56. The van der Waals surface area contributed by atoms with E-state index in [9.17, 15) is 13.2 Å². The molecule has 6 heteroatoms. The maximum atomic E-state index is 13.0. The van der Waals surface area contributed by atoms with Gasteiger partial charge in [0.05, 0.1) is 11.3 Å². The number of benzene rings is 1. The lowest BCUT2D eigenvalue weighted by Gasteiger charge is -2.39. The van der Waals surface area contributed by atoms with Gasteiger partial charge in [-0.1, -0.05) is 39.3 Å². The first-order valence-electron chi connectivity index (χ1n) is 8.87. The molecule has 1 aromatic rings. The second-order valence-electron chi connectivity index (χ2n) is 7.53. The van der Waals surface area contributed by atoms with Crippen LogP contribution in [0.5, 0.6) is 0 Å². The SMILES string of the molecule is CCC(C)(C)C1CCC(NC(=S)Nc2ccccc2C(F)(F)F)CC1. The summed E-state index contributed by atoms with van der Waals surface area (Å²) in [5, 5.41) is 6.17. The summed E-state index contributed by atoms with van der Waals surface area (Å²) in [6.45, 7) is 6.85. The van der Waals surface area contributed by atoms with Gasteiger partial charge < -0.3 is 10.6 Å². The molecule has 2 rings (SSSR count). The summed E-state index contributed by atoms with van der Waals surface area (Å²) >= 11 is 5.24. The van der Waals surface area contributed by atoms with Gasteiger partial charge in [0.1, 0.15) is 0 Å². The van der Waals surface area contributed by atoms with Crippen LogP contribution in [0.2, 0.25) is 0 Å². The first-order valence-corrected chi connectivity index (χ1v) is 9.28. The first kappa shape index (κ1) is 20.0. The lowest BCUT2D eigenvalue weighted by Crippen LogP contribution is -2.41. The predicted molar refractivity (Wildman–Crippen MR) is 101 cm³/mol. The summed E-state index contributed by atoms with van der Waals surface area (Å²) in [4.78, 5) is 0. The average Bonchev–Trinajstić information content (AvgIpc) is 2.54. The van der Waals surface area contributed by atoms with Crippen LogP contribution >= 0.6 is 12.2 Å². The Kier molecular flexibility index (Phi) is 6.35. The summed E-state index contributed by atoms with van der Waals surface area (Å²) < 4.78 is 39.1. The monoisotopic (exact) mass is 372 g/mol. The van der Waals surface area contributed by atoms with Crippen molar-refractivity contribution in [2.24, 2.45) is 11.3 Å². The average molecular weight is 373 g/mol. The largest absolute Gasteiger partial charge is 0.418 e. The Morgan fingerprint density at radius 1 is 1.12 bits per heavy atom. The van der Waals surface area contributed by atoms with Gasteiger partial charge in [-0.2, -0.15) is 13.2 Å². The molecule has 0 unspecified atom stereocenters.